The third-order valence-corrected chi connectivity index (χ3v) is 2.54. The predicted octanol–water partition coefficient (Wildman–Crippen LogP) is 2.97. The molecule has 3 nitrogen and oxygen atoms in total. The van der Waals surface area contributed by atoms with Crippen molar-refractivity contribution in [1.29, 1.82) is 0 Å². The van der Waals surface area contributed by atoms with Gasteiger partial charge in [0.1, 0.15) is 6.54 Å². The summed E-state index contributed by atoms with van der Waals surface area (Å²) in [5, 5.41) is 0. The van der Waals surface area contributed by atoms with E-state index in [1.807, 2.05) is 12.1 Å². The van der Waals surface area contributed by atoms with Crippen molar-refractivity contribution in [3.8, 4) is 0 Å². The highest BCUT2D eigenvalue weighted by Crippen LogP contribution is 2.22. The Morgan fingerprint density at radius 1 is 1.53 bits per heavy atom. The minimum atomic E-state index is -0.175. The SMILES string of the molecule is C=Cc1ccc(C(=O)CN=C=O)cc1C(C)C. The third-order valence-electron chi connectivity index (χ3n) is 2.54. The number of carbonyl (C=O) groups excluding carboxylic acids is 2. The van der Waals surface area contributed by atoms with Crippen LogP contribution in [0.4, 0.5) is 0 Å². The first kappa shape index (κ1) is 13.1. The lowest BCUT2D eigenvalue weighted by Gasteiger charge is -2.11. The Hall–Kier alpha value is -1.99. The van der Waals surface area contributed by atoms with Crippen LogP contribution in [0.3, 0.4) is 0 Å². The number of aliphatic imine (C=N–C) groups is 1. The van der Waals surface area contributed by atoms with Gasteiger partial charge in [0.2, 0.25) is 6.08 Å². The fourth-order valence-electron chi connectivity index (χ4n) is 1.63. The lowest BCUT2D eigenvalue weighted by molar-refractivity contribution is 0.100. The average molecular weight is 229 g/mol. The molecule has 0 saturated carbocycles. The summed E-state index contributed by atoms with van der Waals surface area (Å²) in [5.74, 6) is 0.135. The van der Waals surface area contributed by atoms with Gasteiger partial charge in [0.05, 0.1) is 0 Å². The molecule has 0 spiro atoms. The first-order valence-electron chi connectivity index (χ1n) is 5.43. The summed E-state index contributed by atoms with van der Waals surface area (Å²) in [6, 6.07) is 5.43. The Morgan fingerprint density at radius 2 is 2.24 bits per heavy atom. The summed E-state index contributed by atoms with van der Waals surface area (Å²) < 4.78 is 0. The van der Waals surface area contributed by atoms with E-state index in [1.54, 1.807) is 12.1 Å². The van der Waals surface area contributed by atoms with Crippen LogP contribution in [-0.2, 0) is 4.79 Å². The van der Waals surface area contributed by atoms with Crippen LogP contribution < -0.4 is 0 Å². The van der Waals surface area contributed by atoms with E-state index < -0.39 is 0 Å². The second kappa shape index (κ2) is 5.92. The Labute approximate surface area is 101 Å². The van der Waals surface area contributed by atoms with Crippen molar-refractivity contribution in [3.63, 3.8) is 0 Å². The largest absolute Gasteiger partial charge is 0.292 e. The molecule has 1 aromatic carbocycles. The highest BCUT2D eigenvalue weighted by Gasteiger charge is 2.10. The van der Waals surface area contributed by atoms with Gasteiger partial charge in [-0.25, -0.2) is 4.79 Å². The van der Waals surface area contributed by atoms with Gasteiger partial charge in [0.15, 0.2) is 5.78 Å². The molecule has 0 amide bonds. The third kappa shape index (κ3) is 3.23. The molecule has 0 aliphatic carbocycles. The first-order valence-corrected chi connectivity index (χ1v) is 5.43. The number of rotatable bonds is 5. The van der Waals surface area contributed by atoms with E-state index in [9.17, 15) is 9.59 Å². The molecule has 3 heteroatoms. The molecule has 17 heavy (non-hydrogen) atoms. The van der Waals surface area contributed by atoms with Crippen LogP contribution in [0.5, 0.6) is 0 Å². The van der Waals surface area contributed by atoms with Gasteiger partial charge in [-0.2, -0.15) is 4.99 Å². The molecular weight excluding hydrogens is 214 g/mol. The number of hydrogen-bond donors (Lipinski definition) is 0. The molecule has 0 fully saturated rings. The number of hydrogen-bond acceptors (Lipinski definition) is 3. The standard InChI is InChI=1S/C14H15NO2/c1-4-11-5-6-12(7-13(11)10(2)3)14(17)8-15-9-16/h4-7,10H,1,8H2,2-3H3. The van der Waals surface area contributed by atoms with Gasteiger partial charge in [0.25, 0.3) is 0 Å². The molecule has 0 aromatic heterocycles. The second-order valence-corrected chi connectivity index (χ2v) is 4.03. The maximum absolute atomic E-state index is 11.7. The van der Waals surface area contributed by atoms with Crippen LogP contribution in [0.25, 0.3) is 6.08 Å². The Bertz CT molecular complexity index is 483. The van der Waals surface area contributed by atoms with Gasteiger partial charge in [0, 0.05) is 5.56 Å². The zero-order valence-electron chi connectivity index (χ0n) is 10.1. The summed E-state index contributed by atoms with van der Waals surface area (Å²) in [7, 11) is 0. The minimum Gasteiger partial charge on any atom is -0.292 e. The minimum absolute atomic E-state index is 0.144. The molecule has 1 aromatic rings. The molecule has 0 aliphatic rings. The van der Waals surface area contributed by atoms with Gasteiger partial charge in [-0.1, -0.05) is 38.6 Å². The Kier molecular flexibility index (Phi) is 4.56. The van der Waals surface area contributed by atoms with Gasteiger partial charge < -0.3 is 0 Å². The fourth-order valence-corrected chi connectivity index (χ4v) is 1.63. The fraction of sp³-hybridized carbons (Fsp3) is 0.286. The van der Waals surface area contributed by atoms with Gasteiger partial charge in [-0.3, -0.25) is 4.79 Å². The second-order valence-electron chi connectivity index (χ2n) is 4.03. The summed E-state index contributed by atoms with van der Waals surface area (Å²) in [6.07, 6.45) is 3.14. The molecule has 0 saturated heterocycles. The predicted molar refractivity (Wildman–Crippen MR) is 67.9 cm³/mol. The molecular formula is C14H15NO2. The molecule has 0 bridgehead atoms. The number of carbonyl (C=O) groups is 1. The van der Waals surface area contributed by atoms with Crippen molar-refractivity contribution < 1.29 is 9.59 Å². The molecule has 0 heterocycles. The number of ketones is 1. The maximum atomic E-state index is 11.7. The summed E-state index contributed by atoms with van der Waals surface area (Å²) in [6.45, 7) is 7.71. The van der Waals surface area contributed by atoms with Crippen LogP contribution in [0.2, 0.25) is 0 Å². The van der Waals surface area contributed by atoms with E-state index in [0.29, 0.717) is 11.5 Å². The summed E-state index contributed by atoms with van der Waals surface area (Å²) >= 11 is 0. The number of nitrogens with zero attached hydrogens (tertiary/aromatic N) is 1. The average Bonchev–Trinajstić information content (AvgIpc) is 2.34. The molecule has 0 unspecified atom stereocenters. The molecule has 0 N–H and O–H groups in total. The first-order chi connectivity index (χ1) is 8.10. The molecule has 88 valence electrons. The van der Waals surface area contributed by atoms with E-state index in [2.05, 4.69) is 25.4 Å². The highest BCUT2D eigenvalue weighted by atomic mass is 16.1. The molecule has 0 radical (unpaired) electrons. The van der Waals surface area contributed by atoms with Crippen LogP contribution in [0.1, 0.15) is 41.3 Å². The van der Waals surface area contributed by atoms with Crippen molar-refractivity contribution in [2.45, 2.75) is 19.8 Å². The zero-order chi connectivity index (χ0) is 12.8. The van der Waals surface area contributed by atoms with Gasteiger partial charge >= 0.3 is 0 Å². The number of Topliss-reactive ketones (excluding diaryl/α,β-unsaturated/α-hetero) is 1. The topological polar surface area (TPSA) is 46.5 Å². The van der Waals surface area contributed by atoms with E-state index in [4.69, 9.17) is 0 Å². The summed E-state index contributed by atoms with van der Waals surface area (Å²) in [4.78, 5) is 24.9. The van der Waals surface area contributed by atoms with Gasteiger partial charge in [-0.05, 0) is 23.1 Å². The van der Waals surface area contributed by atoms with E-state index in [1.165, 1.54) is 6.08 Å². The maximum Gasteiger partial charge on any atom is 0.235 e. The lowest BCUT2D eigenvalue weighted by atomic mass is 9.94. The normalized spacial score (nSPS) is 9.82. The zero-order valence-corrected chi connectivity index (χ0v) is 10.1. The molecule has 0 atom stereocenters. The monoisotopic (exact) mass is 229 g/mol. The lowest BCUT2D eigenvalue weighted by Crippen LogP contribution is -2.05. The number of benzene rings is 1. The molecule has 1 rings (SSSR count). The van der Waals surface area contributed by atoms with Crippen LogP contribution >= 0.6 is 0 Å². The van der Waals surface area contributed by atoms with E-state index in [0.717, 1.165) is 11.1 Å². The number of isocyanates is 1. The van der Waals surface area contributed by atoms with Crippen molar-refractivity contribution in [2.24, 2.45) is 4.99 Å². The van der Waals surface area contributed by atoms with E-state index in [-0.39, 0.29) is 12.3 Å². The Balaban J connectivity index is 3.11. The van der Waals surface area contributed by atoms with Crippen LogP contribution in [0, 0.1) is 0 Å². The van der Waals surface area contributed by atoms with E-state index >= 15 is 0 Å². The quantitative estimate of drug-likeness (QED) is 0.442. The van der Waals surface area contributed by atoms with Crippen molar-refractivity contribution in [1.82, 2.24) is 0 Å². The van der Waals surface area contributed by atoms with Crippen LogP contribution in [0.15, 0.2) is 29.8 Å². The van der Waals surface area contributed by atoms with Crippen LogP contribution in [-0.4, -0.2) is 18.4 Å². The highest BCUT2D eigenvalue weighted by molar-refractivity contribution is 5.98. The Morgan fingerprint density at radius 3 is 2.76 bits per heavy atom. The summed E-state index contributed by atoms with van der Waals surface area (Å²) in [5.41, 5.74) is 2.66. The van der Waals surface area contributed by atoms with Crippen molar-refractivity contribution >= 4 is 17.9 Å². The van der Waals surface area contributed by atoms with Crippen molar-refractivity contribution in [2.75, 3.05) is 6.54 Å². The smallest absolute Gasteiger partial charge is 0.235 e. The molecule has 0 aliphatic heterocycles. The van der Waals surface area contributed by atoms with Gasteiger partial charge in [-0.15, -0.1) is 0 Å². The van der Waals surface area contributed by atoms with Crippen molar-refractivity contribution in [3.05, 3.63) is 41.5 Å².